The van der Waals surface area contributed by atoms with Crippen molar-refractivity contribution in [1.29, 1.82) is 0 Å². The van der Waals surface area contributed by atoms with Crippen LogP contribution in [0.2, 0.25) is 0 Å². The molecule has 0 aliphatic carbocycles. The number of aromatic nitrogens is 2. The molecule has 0 radical (unpaired) electrons. The van der Waals surface area contributed by atoms with E-state index in [-0.39, 0.29) is 18.2 Å². The van der Waals surface area contributed by atoms with E-state index in [0.717, 1.165) is 37.3 Å². The molecule has 2 fully saturated rings. The van der Waals surface area contributed by atoms with Gasteiger partial charge in [0.2, 0.25) is 5.91 Å². The van der Waals surface area contributed by atoms with Gasteiger partial charge in [-0.3, -0.25) is 15.0 Å². The van der Waals surface area contributed by atoms with E-state index in [1.165, 1.54) is 17.5 Å². The van der Waals surface area contributed by atoms with Gasteiger partial charge in [0.15, 0.2) is 0 Å². The largest absolute Gasteiger partial charge is 0.339 e. The van der Waals surface area contributed by atoms with Gasteiger partial charge in [-0.2, -0.15) is 5.01 Å². The summed E-state index contributed by atoms with van der Waals surface area (Å²) in [5.41, 5.74) is 5.14. The molecule has 2 aliphatic heterocycles. The molecule has 0 saturated carbocycles. The van der Waals surface area contributed by atoms with Gasteiger partial charge in [-0.25, -0.2) is 9.97 Å². The third kappa shape index (κ3) is 3.49. The molecule has 2 aliphatic rings. The van der Waals surface area contributed by atoms with Crippen molar-refractivity contribution in [2.24, 2.45) is 0 Å². The van der Waals surface area contributed by atoms with Gasteiger partial charge in [-0.1, -0.05) is 0 Å². The lowest BCUT2D eigenvalue weighted by molar-refractivity contribution is -0.126. The van der Waals surface area contributed by atoms with Crippen molar-refractivity contribution in [3.63, 3.8) is 0 Å². The van der Waals surface area contributed by atoms with E-state index >= 15 is 0 Å². The zero-order chi connectivity index (χ0) is 16.4. The third-order valence-electron chi connectivity index (χ3n) is 3.98. The van der Waals surface area contributed by atoms with Gasteiger partial charge < -0.3 is 4.90 Å². The highest BCUT2D eigenvalue weighted by atomic mass is 16.2. The van der Waals surface area contributed by atoms with E-state index in [1.54, 1.807) is 0 Å². The van der Waals surface area contributed by atoms with E-state index in [1.807, 2.05) is 24.8 Å². The number of nitrogens with one attached hydrogen (secondary N) is 1. The molecule has 7 nitrogen and oxygen atoms in total. The number of anilines is 1. The molecule has 1 aromatic rings. The first kappa shape index (κ1) is 15.5. The summed E-state index contributed by atoms with van der Waals surface area (Å²) in [6.07, 6.45) is 4.95. The fourth-order valence-corrected chi connectivity index (χ4v) is 2.89. The van der Waals surface area contributed by atoms with E-state index in [4.69, 9.17) is 0 Å². The van der Waals surface area contributed by atoms with Crippen molar-refractivity contribution in [3.05, 3.63) is 29.2 Å². The summed E-state index contributed by atoms with van der Waals surface area (Å²) in [4.78, 5) is 34.8. The van der Waals surface area contributed by atoms with Crippen LogP contribution in [-0.2, 0) is 9.59 Å². The number of carbonyl (C=O) groups excluding carboxylic acids is 2. The van der Waals surface area contributed by atoms with Gasteiger partial charge >= 0.3 is 0 Å². The lowest BCUT2D eigenvalue weighted by Crippen LogP contribution is -2.37. The normalized spacial score (nSPS) is 20.1. The van der Waals surface area contributed by atoms with Gasteiger partial charge in [0, 0.05) is 36.3 Å². The number of hydrogen-bond acceptors (Lipinski definition) is 5. The molecule has 0 aromatic carbocycles. The summed E-state index contributed by atoms with van der Waals surface area (Å²) in [5, 5.41) is 1.31. The summed E-state index contributed by atoms with van der Waals surface area (Å²) in [7, 11) is 0. The number of likely N-dealkylation sites (tertiary alicyclic amines) is 1. The van der Waals surface area contributed by atoms with E-state index < -0.39 is 0 Å². The second-order valence-corrected chi connectivity index (χ2v) is 6.02. The summed E-state index contributed by atoms with van der Waals surface area (Å²) in [6, 6.07) is 1.85. The lowest BCUT2D eigenvalue weighted by Gasteiger charge is -2.25. The Hall–Kier alpha value is -2.44. The van der Waals surface area contributed by atoms with Gasteiger partial charge in [0.1, 0.15) is 0 Å². The molecule has 1 aromatic heterocycles. The number of rotatable bonds is 2. The lowest BCUT2D eigenvalue weighted by atomic mass is 10.1. The zero-order valence-electron chi connectivity index (χ0n) is 13.5. The second kappa shape index (κ2) is 6.36. The topological polar surface area (TPSA) is 78.4 Å². The molecule has 122 valence electrons. The Kier molecular flexibility index (Phi) is 4.27. The van der Waals surface area contributed by atoms with E-state index in [9.17, 15) is 9.59 Å². The fraction of sp³-hybridized carbons (Fsp3) is 0.500. The van der Waals surface area contributed by atoms with E-state index in [2.05, 4.69) is 15.4 Å². The van der Waals surface area contributed by atoms with Crippen LogP contribution in [-0.4, -0.2) is 39.8 Å². The molecule has 0 bridgehead atoms. The Bertz CT molecular complexity index is 644. The van der Waals surface area contributed by atoms with Crippen molar-refractivity contribution >= 4 is 17.8 Å². The molecule has 3 rings (SSSR count). The van der Waals surface area contributed by atoms with Crippen LogP contribution in [0, 0.1) is 13.8 Å². The monoisotopic (exact) mass is 315 g/mol. The number of aryl methyl sites for hydroxylation is 2. The quantitative estimate of drug-likeness (QED) is 0.831. The van der Waals surface area contributed by atoms with Gasteiger partial charge in [0.25, 0.3) is 11.9 Å². The SMILES string of the molecule is Cc1cc(C)nc(N2N/C(=C\C(=O)N3CCCCC3)CC2=O)n1. The van der Waals surface area contributed by atoms with Crippen molar-refractivity contribution in [2.45, 2.75) is 39.5 Å². The van der Waals surface area contributed by atoms with Crippen LogP contribution < -0.4 is 10.4 Å². The Balaban J connectivity index is 1.73. The van der Waals surface area contributed by atoms with Crippen LogP contribution in [0.4, 0.5) is 5.95 Å². The number of hydrogen-bond donors (Lipinski definition) is 1. The van der Waals surface area contributed by atoms with Crippen LogP contribution >= 0.6 is 0 Å². The Morgan fingerprint density at radius 2 is 1.83 bits per heavy atom. The first-order valence-corrected chi connectivity index (χ1v) is 7.94. The molecule has 7 heteroatoms. The number of piperidine rings is 1. The molecule has 0 spiro atoms. The Morgan fingerprint density at radius 3 is 2.48 bits per heavy atom. The predicted molar refractivity (Wildman–Crippen MR) is 85.3 cm³/mol. The molecule has 23 heavy (non-hydrogen) atoms. The Labute approximate surface area is 135 Å². The molecule has 0 atom stereocenters. The minimum Gasteiger partial charge on any atom is -0.339 e. The minimum atomic E-state index is -0.160. The standard InChI is InChI=1S/C16H21N5O2/c1-11-8-12(2)18-16(17-11)21-15(23)10-13(19-21)9-14(22)20-6-4-3-5-7-20/h8-9,19H,3-7,10H2,1-2H3/b13-9-. The van der Waals surface area contributed by atoms with Crippen LogP contribution in [0.15, 0.2) is 17.8 Å². The summed E-state index contributed by atoms with van der Waals surface area (Å²) >= 11 is 0. The molecular formula is C16H21N5O2. The third-order valence-corrected chi connectivity index (χ3v) is 3.98. The highest BCUT2D eigenvalue weighted by molar-refractivity contribution is 5.97. The van der Waals surface area contributed by atoms with Crippen LogP contribution in [0.5, 0.6) is 0 Å². The molecule has 0 unspecified atom stereocenters. The first-order chi connectivity index (χ1) is 11.0. The summed E-state index contributed by atoms with van der Waals surface area (Å²) < 4.78 is 0. The number of carbonyl (C=O) groups is 2. The molecular weight excluding hydrogens is 294 g/mol. The first-order valence-electron chi connectivity index (χ1n) is 7.94. The van der Waals surface area contributed by atoms with Crippen molar-refractivity contribution < 1.29 is 9.59 Å². The summed E-state index contributed by atoms with van der Waals surface area (Å²) in [6.45, 7) is 5.30. The fourth-order valence-electron chi connectivity index (χ4n) is 2.89. The van der Waals surface area contributed by atoms with Gasteiger partial charge in [-0.05, 0) is 39.2 Å². The number of hydrazine groups is 1. The predicted octanol–water partition coefficient (Wildman–Crippen LogP) is 1.23. The molecule has 1 N–H and O–H groups in total. The van der Waals surface area contributed by atoms with E-state index in [0.29, 0.717) is 11.6 Å². The number of nitrogens with zero attached hydrogens (tertiary/aromatic N) is 4. The highest BCUT2D eigenvalue weighted by Gasteiger charge is 2.29. The molecule has 2 saturated heterocycles. The van der Waals surface area contributed by atoms with Crippen molar-refractivity contribution in [3.8, 4) is 0 Å². The van der Waals surface area contributed by atoms with Crippen LogP contribution in [0.25, 0.3) is 0 Å². The summed E-state index contributed by atoms with van der Waals surface area (Å²) in [5.74, 6) is 0.122. The van der Waals surface area contributed by atoms with Crippen molar-refractivity contribution in [1.82, 2.24) is 20.3 Å². The smallest absolute Gasteiger partial charge is 0.254 e. The molecule has 3 heterocycles. The Morgan fingerprint density at radius 1 is 1.17 bits per heavy atom. The maximum Gasteiger partial charge on any atom is 0.254 e. The second-order valence-electron chi connectivity index (χ2n) is 6.02. The van der Waals surface area contributed by atoms with Gasteiger partial charge in [-0.15, -0.1) is 0 Å². The van der Waals surface area contributed by atoms with Crippen molar-refractivity contribution in [2.75, 3.05) is 18.1 Å². The maximum absolute atomic E-state index is 12.3. The maximum atomic E-state index is 12.3. The van der Waals surface area contributed by atoms with Crippen LogP contribution in [0.1, 0.15) is 37.1 Å². The van der Waals surface area contributed by atoms with Gasteiger partial charge in [0.05, 0.1) is 6.42 Å². The highest BCUT2D eigenvalue weighted by Crippen LogP contribution is 2.18. The minimum absolute atomic E-state index is 0.0387. The zero-order valence-corrected chi connectivity index (χ0v) is 13.5. The molecule has 2 amide bonds. The number of amides is 2. The van der Waals surface area contributed by atoms with Crippen LogP contribution in [0.3, 0.4) is 0 Å². The average molecular weight is 315 g/mol. The average Bonchev–Trinajstić information content (AvgIpc) is 2.87.